The van der Waals surface area contributed by atoms with Gasteiger partial charge in [-0.2, -0.15) is 0 Å². The Morgan fingerprint density at radius 2 is 2.24 bits per heavy atom. The fourth-order valence-electron chi connectivity index (χ4n) is 3.14. The lowest BCUT2D eigenvalue weighted by molar-refractivity contribution is 0.0998. The summed E-state index contributed by atoms with van der Waals surface area (Å²) in [5.41, 5.74) is 7.18. The molecule has 0 saturated carbocycles. The van der Waals surface area contributed by atoms with Crippen LogP contribution in [0.2, 0.25) is 0 Å². The number of carbonyl (C=O) groups is 1. The minimum absolute atomic E-state index is 0.332. The Balaban J connectivity index is 2.03. The largest absolute Gasteiger partial charge is 0.366 e. The maximum absolute atomic E-state index is 11.5. The van der Waals surface area contributed by atoms with Crippen molar-refractivity contribution in [2.24, 2.45) is 11.7 Å². The van der Waals surface area contributed by atoms with Gasteiger partial charge in [-0.25, -0.2) is 0 Å². The Morgan fingerprint density at radius 3 is 2.90 bits per heavy atom. The van der Waals surface area contributed by atoms with Gasteiger partial charge in [0.15, 0.2) is 0 Å². The van der Waals surface area contributed by atoms with E-state index >= 15 is 0 Å². The van der Waals surface area contributed by atoms with Crippen LogP contribution >= 0.6 is 0 Å². The van der Waals surface area contributed by atoms with E-state index in [0.717, 1.165) is 44.7 Å². The van der Waals surface area contributed by atoms with Crippen molar-refractivity contribution in [3.63, 3.8) is 0 Å². The predicted octanol–water partition coefficient (Wildman–Crippen LogP) is 2.00. The van der Waals surface area contributed by atoms with Gasteiger partial charge < -0.3 is 11.1 Å². The summed E-state index contributed by atoms with van der Waals surface area (Å²) >= 11 is 0. The molecule has 1 heterocycles. The summed E-state index contributed by atoms with van der Waals surface area (Å²) in [6, 6.07) is 7.69. The molecule has 0 bridgehead atoms. The zero-order chi connectivity index (χ0) is 15.1. The monoisotopic (exact) mass is 289 g/mol. The number of piperidine rings is 1. The quantitative estimate of drug-likeness (QED) is 0.807. The number of carbonyl (C=O) groups excluding carboxylic acids is 1. The molecule has 0 aliphatic carbocycles. The molecule has 116 valence electrons. The third-order valence-electron chi connectivity index (χ3n) is 4.13. The molecule has 1 aliphatic rings. The van der Waals surface area contributed by atoms with Crippen molar-refractivity contribution in [2.45, 2.75) is 32.7 Å². The van der Waals surface area contributed by atoms with Gasteiger partial charge in [-0.15, -0.1) is 0 Å². The molecule has 1 amide bonds. The number of rotatable bonds is 7. The Kier molecular flexibility index (Phi) is 6.21. The molecule has 1 unspecified atom stereocenters. The molecule has 1 atom stereocenters. The van der Waals surface area contributed by atoms with Crippen molar-refractivity contribution in [3.8, 4) is 0 Å². The van der Waals surface area contributed by atoms with Gasteiger partial charge in [0.25, 0.3) is 0 Å². The van der Waals surface area contributed by atoms with E-state index in [1.54, 1.807) is 0 Å². The lowest BCUT2D eigenvalue weighted by atomic mass is 9.98. The van der Waals surface area contributed by atoms with Gasteiger partial charge in [0, 0.05) is 18.7 Å². The fraction of sp³-hybridized carbons (Fsp3) is 0.588. The van der Waals surface area contributed by atoms with Crippen LogP contribution in [0.3, 0.4) is 0 Å². The summed E-state index contributed by atoms with van der Waals surface area (Å²) in [6.07, 6.45) is 3.69. The lowest BCUT2D eigenvalue weighted by Gasteiger charge is -2.30. The number of benzene rings is 1. The van der Waals surface area contributed by atoms with Crippen LogP contribution in [0.25, 0.3) is 0 Å². The molecule has 4 nitrogen and oxygen atoms in total. The van der Waals surface area contributed by atoms with Crippen LogP contribution in [0, 0.1) is 5.92 Å². The highest BCUT2D eigenvalue weighted by atomic mass is 16.1. The summed E-state index contributed by atoms with van der Waals surface area (Å²) < 4.78 is 0. The molecule has 1 aliphatic heterocycles. The van der Waals surface area contributed by atoms with Gasteiger partial charge in [-0.3, -0.25) is 9.69 Å². The summed E-state index contributed by atoms with van der Waals surface area (Å²) in [5, 5.41) is 3.47. The molecule has 1 aromatic rings. The van der Waals surface area contributed by atoms with Crippen LogP contribution in [0.4, 0.5) is 0 Å². The number of nitrogens with zero attached hydrogens (tertiary/aromatic N) is 1. The van der Waals surface area contributed by atoms with Gasteiger partial charge in [0.2, 0.25) is 5.91 Å². The van der Waals surface area contributed by atoms with Crippen molar-refractivity contribution in [3.05, 3.63) is 35.4 Å². The minimum Gasteiger partial charge on any atom is -0.366 e. The number of primary amides is 1. The molecular formula is C17H27N3O. The highest BCUT2D eigenvalue weighted by Crippen LogP contribution is 2.16. The highest BCUT2D eigenvalue weighted by Gasteiger charge is 2.18. The number of hydrogen-bond acceptors (Lipinski definition) is 3. The van der Waals surface area contributed by atoms with Crippen molar-refractivity contribution in [1.82, 2.24) is 10.2 Å². The van der Waals surface area contributed by atoms with E-state index in [9.17, 15) is 4.79 Å². The second-order valence-corrected chi connectivity index (χ2v) is 5.97. The van der Waals surface area contributed by atoms with E-state index in [2.05, 4.69) is 17.1 Å². The molecule has 21 heavy (non-hydrogen) atoms. The molecule has 0 aromatic heterocycles. The lowest BCUT2D eigenvalue weighted by Crippen LogP contribution is -2.38. The summed E-state index contributed by atoms with van der Waals surface area (Å²) in [7, 11) is 0. The first-order valence-corrected chi connectivity index (χ1v) is 8.01. The Morgan fingerprint density at radius 1 is 1.43 bits per heavy atom. The van der Waals surface area contributed by atoms with Crippen molar-refractivity contribution in [2.75, 3.05) is 26.2 Å². The molecule has 1 fully saturated rings. The molecule has 4 heteroatoms. The summed E-state index contributed by atoms with van der Waals surface area (Å²) in [6.45, 7) is 7.42. The van der Waals surface area contributed by atoms with E-state index in [1.165, 1.54) is 12.8 Å². The van der Waals surface area contributed by atoms with Gasteiger partial charge in [0.05, 0.1) is 0 Å². The first kappa shape index (κ1) is 16.0. The van der Waals surface area contributed by atoms with Crippen LogP contribution in [-0.2, 0) is 6.54 Å². The third-order valence-corrected chi connectivity index (χ3v) is 4.13. The zero-order valence-electron chi connectivity index (χ0n) is 13.0. The van der Waals surface area contributed by atoms with Gasteiger partial charge in [0.1, 0.15) is 0 Å². The van der Waals surface area contributed by atoms with Gasteiger partial charge in [-0.1, -0.05) is 25.1 Å². The molecule has 2 rings (SSSR count). The van der Waals surface area contributed by atoms with Crippen LogP contribution in [0.1, 0.15) is 42.1 Å². The summed E-state index contributed by atoms with van der Waals surface area (Å²) in [5.74, 6) is 0.382. The van der Waals surface area contributed by atoms with Crippen molar-refractivity contribution in [1.29, 1.82) is 0 Å². The maximum Gasteiger partial charge on any atom is 0.249 e. The average Bonchev–Trinajstić information content (AvgIpc) is 2.49. The normalized spacial score (nSPS) is 18.9. The topological polar surface area (TPSA) is 58.4 Å². The zero-order valence-corrected chi connectivity index (χ0v) is 13.0. The second-order valence-electron chi connectivity index (χ2n) is 5.97. The van der Waals surface area contributed by atoms with E-state index in [1.807, 2.05) is 24.3 Å². The van der Waals surface area contributed by atoms with Crippen LogP contribution in [-0.4, -0.2) is 37.0 Å². The van der Waals surface area contributed by atoms with E-state index in [-0.39, 0.29) is 5.91 Å². The van der Waals surface area contributed by atoms with E-state index < -0.39 is 0 Å². The standard InChI is InChI=1S/C17H27N3O/c1-2-10-20(12-14-6-5-9-19-11-14)13-15-7-3-4-8-16(15)17(18)21/h3-4,7-8,14,19H,2,5-6,9-13H2,1H3,(H2,18,21). The molecule has 1 aromatic carbocycles. The van der Waals surface area contributed by atoms with E-state index in [0.29, 0.717) is 11.5 Å². The molecule has 3 N–H and O–H groups in total. The Hall–Kier alpha value is -1.39. The van der Waals surface area contributed by atoms with Crippen LogP contribution in [0.5, 0.6) is 0 Å². The fourth-order valence-corrected chi connectivity index (χ4v) is 3.14. The Bertz CT molecular complexity index is 455. The van der Waals surface area contributed by atoms with Crippen molar-refractivity contribution < 1.29 is 4.79 Å². The van der Waals surface area contributed by atoms with Crippen LogP contribution < -0.4 is 11.1 Å². The maximum atomic E-state index is 11.5. The highest BCUT2D eigenvalue weighted by molar-refractivity contribution is 5.94. The predicted molar refractivity (Wildman–Crippen MR) is 86.1 cm³/mol. The first-order chi connectivity index (χ1) is 10.2. The smallest absolute Gasteiger partial charge is 0.249 e. The average molecular weight is 289 g/mol. The van der Waals surface area contributed by atoms with Gasteiger partial charge in [-0.05, 0) is 56.4 Å². The molecule has 0 radical (unpaired) electrons. The van der Waals surface area contributed by atoms with Gasteiger partial charge >= 0.3 is 0 Å². The summed E-state index contributed by atoms with van der Waals surface area (Å²) in [4.78, 5) is 14.0. The SMILES string of the molecule is CCCN(Cc1ccccc1C(N)=O)CC1CCCNC1. The third kappa shape index (κ3) is 4.83. The molecule has 1 saturated heterocycles. The molecule has 0 spiro atoms. The number of nitrogens with one attached hydrogen (secondary N) is 1. The van der Waals surface area contributed by atoms with E-state index in [4.69, 9.17) is 5.73 Å². The van der Waals surface area contributed by atoms with Crippen molar-refractivity contribution >= 4 is 5.91 Å². The minimum atomic E-state index is -0.332. The number of nitrogens with two attached hydrogens (primary N) is 1. The second kappa shape index (κ2) is 8.15. The first-order valence-electron chi connectivity index (χ1n) is 8.01. The number of hydrogen-bond donors (Lipinski definition) is 2. The van der Waals surface area contributed by atoms with Crippen LogP contribution in [0.15, 0.2) is 24.3 Å². The number of amides is 1. The Labute approximate surface area is 127 Å². The molecular weight excluding hydrogens is 262 g/mol.